The molecule has 0 bridgehead atoms. The zero-order valence-corrected chi connectivity index (χ0v) is 31.3. The van der Waals surface area contributed by atoms with Gasteiger partial charge < -0.3 is 25.7 Å². The van der Waals surface area contributed by atoms with E-state index in [1.54, 1.807) is 36.7 Å². The number of benzene rings is 1. The van der Waals surface area contributed by atoms with Crippen LogP contribution in [0.3, 0.4) is 0 Å². The van der Waals surface area contributed by atoms with E-state index in [9.17, 15) is 24.0 Å². The van der Waals surface area contributed by atoms with Gasteiger partial charge in [-0.25, -0.2) is 0 Å². The number of rotatable bonds is 13. The molecule has 0 unspecified atom stereocenters. The molecule has 1 aromatic carbocycles. The predicted octanol–water partition coefficient (Wildman–Crippen LogP) is 4.87. The van der Waals surface area contributed by atoms with E-state index < -0.39 is 52.6 Å². The SMILES string of the molecule is CCC[C@H](NC(=O)[C@@H]1C[C@]2(CC(c3cccc(Cl)c3)=NO2)CN1C(=O)[C@@H](NC(=O)CC1CCCCC1)C(C)(C)C)C(=O)C(=O)NCc1cccnc1. The molecule has 3 N–H and O–H groups in total. The lowest BCUT2D eigenvalue weighted by atomic mass is 9.84. The van der Waals surface area contributed by atoms with E-state index in [2.05, 4.69) is 26.1 Å². The molecule has 13 heteroatoms. The fourth-order valence-electron chi connectivity index (χ4n) is 7.40. The van der Waals surface area contributed by atoms with Gasteiger partial charge in [-0.15, -0.1) is 0 Å². The van der Waals surface area contributed by atoms with E-state index >= 15 is 0 Å². The summed E-state index contributed by atoms with van der Waals surface area (Å²) in [4.78, 5) is 80.2. The smallest absolute Gasteiger partial charge is 0.289 e. The van der Waals surface area contributed by atoms with E-state index in [0.717, 1.165) is 36.8 Å². The molecular formula is C39H51ClN6O6. The van der Waals surface area contributed by atoms with Crippen LogP contribution in [0.15, 0.2) is 53.9 Å². The van der Waals surface area contributed by atoms with Gasteiger partial charge in [-0.3, -0.25) is 29.0 Å². The molecule has 0 radical (unpaired) electrons. The minimum atomic E-state index is -1.11. The molecule has 1 saturated heterocycles. The Hall–Kier alpha value is -4.32. The van der Waals surface area contributed by atoms with E-state index in [4.69, 9.17) is 16.4 Å². The first-order valence-electron chi connectivity index (χ1n) is 18.4. The number of aromatic nitrogens is 1. The van der Waals surface area contributed by atoms with Crippen molar-refractivity contribution in [2.45, 2.75) is 122 Å². The van der Waals surface area contributed by atoms with Crippen molar-refractivity contribution < 1.29 is 28.8 Å². The minimum Gasteiger partial charge on any atom is -0.387 e. The van der Waals surface area contributed by atoms with Gasteiger partial charge in [-0.1, -0.05) is 88.3 Å². The minimum absolute atomic E-state index is 0.0283. The van der Waals surface area contributed by atoms with Crippen LogP contribution in [0.5, 0.6) is 0 Å². The Morgan fingerprint density at radius 2 is 1.83 bits per heavy atom. The molecule has 3 aliphatic rings. The largest absolute Gasteiger partial charge is 0.387 e. The van der Waals surface area contributed by atoms with Crippen LogP contribution in [-0.2, 0) is 35.4 Å². The quantitative estimate of drug-likeness (QED) is 0.248. The number of likely N-dealkylation sites (tertiary alicyclic amines) is 1. The van der Waals surface area contributed by atoms with E-state index in [1.165, 1.54) is 11.3 Å². The van der Waals surface area contributed by atoms with Gasteiger partial charge in [0, 0.05) is 48.8 Å². The lowest BCUT2D eigenvalue weighted by molar-refractivity contribution is -0.145. The molecule has 52 heavy (non-hydrogen) atoms. The summed E-state index contributed by atoms with van der Waals surface area (Å²) in [5.41, 5.74) is 0.398. The Kier molecular flexibility index (Phi) is 12.7. The number of pyridine rings is 1. The van der Waals surface area contributed by atoms with Crippen molar-refractivity contribution in [3.8, 4) is 0 Å². The van der Waals surface area contributed by atoms with Crippen LogP contribution in [0.4, 0.5) is 0 Å². The van der Waals surface area contributed by atoms with E-state index in [0.29, 0.717) is 30.0 Å². The lowest BCUT2D eigenvalue weighted by Crippen LogP contribution is -2.59. The monoisotopic (exact) mass is 734 g/mol. The van der Waals surface area contributed by atoms with Crippen molar-refractivity contribution in [2.75, 3.05) is 6.54 Å². The summed E-state index contributed by atoms with van der Waals surface area (Å²) in [6.07, 6.45) is 10.0. The Labute approximate surface area is 310 Å². The van der Waals surface area contributed by atoms with Crippen LogP contribution in [0.25, 0.3) is 0 Å². The number of nitrogens with zero attached hydrogens (tertiary/aromatic N) is 3. The molecule has 2 aliphatic heterocycles. The van der Waals surface area contributed by atoms with Crippen LogP contribution in [0, 0.1) is 11.3 Å². The van der Waals surface area contributed by atoms with Gasteiger partial charge in [0.15, 0.2) is 5.60 Å². The third-order valence-corrected chi connectivity index (χ3v) is 10.4. The lowest BCUT2D eigenvalue weighted by Gasteiger charge is -2.36. The van der Waals surface area contributed by atoms with Crippen molar-refractivity contribution in [1.29, 1.82) is 0 Å². The average molecular weight is 735 g/mol. The number of ketones is 1. The van der Waals surface area contributed by atoms with Gasteiger partial charge in [0.25, 0.3) is 5.91 Å². The number of nitrogens with one attached hydrogen (secondary N) is 3. The van der Waals surface area contributed by atoms with Crippen LogP contribution in [0.2, 0.25) is 5.02 Å². The van der Waals surface area contributed by atoms with Crippen LogP contribution in [-0.4, -0.2) is 75.3 Å². The number of halogens is 1. The van der Waals surface area contributed by atoms with Gasteiger partial charge in [-0.05, 0) is 54.4 Å². The van der Waals surface area contributed by atoms with Crippen molar-refractivity contribution >= 4 is 46.7 Å². The number of carbonyl (C=O) groups excluding carboxylic acids is 5. The summed E-state index contributed by atoms with van der Waals surface area (Å²) >= 11 is 6.26. The van der Waals surface area contributed by atoms with Crippen LogP contribution >= 0.6 is 11.6 Å². The molecule has 280 valence electrons. The molecule has 1 aliphatic carbocycles. The van der Waals surface area contributed by atoms with Crippen LogP contribution in [0.1, 0.15) is 103 Å². The van der Waals surface area contributed by atoms with Gasteiger partial charge in [0.05, 0.1) is 18.3 Å². The first-order valence-corrected chi connectivity index (χ1v) is 18.8. The number of amides is 4. The highest BCUT2D eigenvalue weighted by Crippen LogP contribution is 2.40. The molecule has 1 spiro atoms. The molecule has 2 aromatic rings. The van der Waals surface area contributed by atoms with Crippen molar-refractivity contribution in [3.05, 3.63) is 64.9 Å². The topological polar surface area (TPSA) is 159 Å². The standard InChI is InChI=1S/C39H51ClN6O6/c1-5-11-29(33(48)36(50)42-23-26-14-10-17-41-22-26)43-35(49)31-21-39(20-30(45-52-39)27-15-9-16-28(40)19-27)24-46(31)37(51)34(38(2,3)4)44-32(47)18-25-12-7-6-8-13-25/h9-10,14-17,19,22,25,29,31,34H,5-8,11-13,18,20-21,23-24H2,1-4H3,(H,42,50)(H,43,49)(H,44,47)/t29-,31-,34+,39+/m0/s1. The summed E-state index contributed by atoms with van der Waals surface area (Å²) in [7, 11) is 0. The highest BCUT2D eigenvalue weighted by Gasteiger charge is 2.55. The molecule has 1 aromatic heterocycles. The van der Waals surface area contributed by atoms with Crippen molar-refractivity contribution in [1.82, 2.24) is 25.8 Å². The third-order valence-electron chi connectivity index (χ3n) is 10.2. The molecule has 3 heterocycles. The molecule has 4 atom stereocenters. The molecular weight excluding hydrogens is 684 g/mol. The molecule has 1 saturated carbocycles. The maximum Gasteiger partial charge on any atom is 0.289 e. The summed E-state index contributed by atoms with van der Waals surface area (Å²) in [5, 5.41) is 13.4. The summed E-state index contributed by atoms with van der Waals surface area (Å²) < 4.78 is 0. The number of hydrogen-bond donors (Lipinski definition) is 3. The van der Waals surface area contributed by atoms with E-state index in [-0.39, 0.29) is 37.8 Å². The summed E-state index contributed by atoms with van der Waals surface area (Å²) in [6.45, 7) is 7.62. The Balaban J connectivity index is 1.36. The fourth-order valence-corrected chi connectivity index (χ4v) is 7.59. The third kappa shape index (κ3) is 9.76. The Morgan fingerprint density at radius 3 is 2.50 bits per heavy atom. The zero-order chi connectivity index (χ0) is 37.5. The molecule has 5 rings (SSSR count). The number of hydrogen-bond acceptors (Lipinski definition) is 8. The fraction of sp³-hybridized carbons (Fsp3) is 0.564. The maximum atomic E-state index is 14.6. The second kappa shape index (κ2) is 17.0. The molecule has 12 nitrogen and oxygen atoms in total. The second-order valence-corrected chi connectivity index (χ2v) is 16.0. The zero-order valence-electron chi connectivity index (χ0n) is 30.6. The van der Waals surface area contributed by atoms with Crippen molar-refractivity contribution in [2.24, 2.45) is 16.5 Å². The van der Waals surface area contributed by atoms with Gasteiger partial charge in [-0.2, -0.15) is 0 Å². The number of carbonyl (C=O) groups is 5. The summed E-state index contributed by atoms with van der Waals surface area (Å²) in [5.74, 6) is -2.53. The molecule has 2 fully saturated rings. The normalized spacial score (nSPS) is 21.5. The predicted molar refractivity (Wildman–Crippen MR) is 197 cm³/mol. The number of oxime groups is 1. The Morgan fingerprint density at radius 1 is 1.06 bits per heavy atom. The highest BCUT2D eigenvalue weighted by molar-refractivity contribution is 6.38. The Bertz CT molecular complexity index is 1660. The highest BCUT2D eigenvalue weighted by atomic mass is 35.5. The maximum absolute atomic E-state index is 14.6. The van der Waals surface area contributed by atoms with Gasteiger partial charge >= 0.3 is 0 Å². The second-order valence-electron chi connectivity index (χ2n) is 15.5. The number of Topliss-reactive ketones (excluding diaryl/α,β-unsaturated/α-hetero) is 1. The van der Waals surface area contributed by atoms with Crippen LogP contribution < -0.4 is 16.0 Å². The van der Waals surface area contributed by atoms with Gasteiger partial charge in [0.2, 0.25) is 23.5 Å². The van der Waals surface area contributed by atoms with E-state index in [1.807, 2.05) is 39.8 Å². The average Bonchev–Trinajstić information content (AvgIpc) is 3.72. The van der Waals surface area contributed by atoms with Crippen molar-refractivity contribution in [3.63, 3.8) is 0 Å². The summed E-state index contributed by atoms with van der Waals surface area (Å²) in [6, 6.07) is 7.62. The van der Waals surface area contributed by atoms with Gasteiger partial charge in [0.1, 0.15) is 12.1 Å². The first kappa shape index (κ1) is 38.9. The molecule has 4 amide bonds. The first-order chi connectivity index (χ1) is 24.8.